The summed E-state index contributed by atoms with van der Waals surface area (Å²) in [5.74, 6) is 0.799. The van der Waals surface area contributed by atoms with E-state index in [1.807, 2.05) is 7.05 Å². The van der Waals surface area contributed by atoms with Crippen molar-refractivity contribution in [1.82, 2.24) is 8.75 Å². The predicted molar refractivity (Wildman–Crippen MR) is 57.7 cm³/mol. The molecule has 1 rings (SSSR count). The highest BCUT2D eigenvalue weighted by Gasteiger charge is 2.15. The first-order valence-electron chi connectivity index (χ1n) is 4.37. The van der Waals surface area contributed by atoms with Gasteiger partial charge in [-0.2, -0.15) is 8.75 Å². The molecule has 0 N–H and O–H groups in total. The van der Waals surface area contributed by atoms with Crippen molar-refractivity contribution in [2.75, 3.05) is 11.9 Å². The fourth-order valence-corrected chi connectivity index (χ4v) is 2.01. The predicted octanol–water partition coefficient (Wildman–Crippen LogP) is 2.82. The van der Waals surface area contributed by atoms with Crippen LogP contribution in [0.25, 0.3) is 0 Å². The van der Waals surface area contributed by atoms with Gasteiger partial charge in [-0.1, -0.05) is 24.9 Å². The highest BCUT2D eigenvalue weighted by atomic mass is 35.5. The molecule has 0 saturated carbocycles. The lowest BCUT2D eigenvalue weighted by Gasteiger charge is -2.23. The van der Waals surface area contributed by atoms with Crippen LogP contribution in [-0.2, 0) is 0 Å². The normalized spacial score (nSPS) is 12.9. The van der Waals surface area contributed by atoms with Crippen LogP contribution in [0.4, 0.5) is 5.82 Å². The summed E-state index contributed by atoms with van der Waals surface area (Å²) < 4.78 is 8.08. The summed E-state index contributed by atoms with van der Waals surface area (Å²) in [6.07, 6.45) is 2.31. The molecule has 3 nitrogen and oxygen atoms in total. The second-order valence-electron chi connectivity index (χ2n) is 3.13. The molecule has 0 aliphatic carbocycles. The molecule has 74 valence electrons. The van der Waals surface area contributed by atoms with Crippen molar-refractivity contribution in [3.63, 3.8) is 0 Å². The SMILES string of the molecule is CCCC(C)N(C)c1nsnc1Cl. The molecule has 0 radical (unpaired) electrons. The van der Waals surface area contributed by atoms with E-state index in [-0.39, 0.29) is 0 Å². The van der Waals surface area contributed by atoms with Crippen molar-refractivity contribution in [1.29, 1.82) is 0 Å². The average Bonchev–Trinajstić information content (AvgIpc) is 2.50. The third-order valence-corrected chi connectivity index (χ3v) is 3.01. The van der Waals surface area contributed by atoms with Crippen LogP contribution in [0.3, 0.4) is 0 Å². The molecule has 0 aliphatic rings. The van der Waals surface area contributed by atoms with Crippen LogP contribution in [0, 0.1) is 0 Å². The number of hydrogen-bond acceptors (Lipinski definition) is 4. The monoisotopic (exact) mass is 219 g/mol. The number of aromatic nitrogens is 2. The molecule has 0 spiro atoms. The summed E-state index contributed by atoms with van der Waals surface area (Å²) in [7, 11) is 2.00. The Hall–Kier alpha value is -0.350. The number of nitrogens with zero attached hydrogens (tertiary/aromatic N) is 3. The van der Waals surface area contributed by atoms with Gasteiger partial charge in [0.15, 0.2) is 11.0 Å². The highest BCUT2D eigenvalue weighted by molar-refractivity contribution is 6.99. The van der Waals surface area contributed by atoms with E-state index in [4.69, 9.17) is 11.6 Å². The Balaban J connectivity index is 2.67. The quantitative estimate of drug-likeness (QED) is 0.780. The summed E-state index contributed by atoms with van der Waals surface area (Å²) in [5.41, 5.74) is 0. The van der Waals surface area contributed by atoms with Crippen molar-refractivity contribution in [3.8, 4) is 0 Å². The van der Waals surface area contributed by atoms with E-state index >= 15 is 0 Å². The van der Waals surface area contributed by atoms with Gasteiger partial charge in [0.1, 0.15) is 0 Å². The molecule has 1 unspecified atom stereocenters. The Labute approximate surface area is 88.0 Å². The summed E-state index contributed by atoms with van der Waals surface area (Å²) in [6, 6.07) is 0.464. The van der Waals surface area contributed by atoms with Crippen molar-refractivity contribution in [3.05, 3.63) is 5.15 Å². The first kappa shape index (κ1) is 10.7. The summed E-state index contributed by atoms with van der Waals surface area (Å²) in [4.78, 5) is 2.08. The van der Waals surface area contributed by atoms with Crippen LogP contribution in [0.15, 0.2) is 0 Å². The van der Waals surface area contributed by atoms with Crippen molar-refractivity contribution in [2.24, 2.45) is 0 Å². The highest BCUT2D eigenvalue weighted by Crippen LogP contribution is 2.24. The van der Waals surface area contributed by atoms with Gasteiger partial charge >= 0.3 is 0 Å². The summed E-state index contributed by atoms with van der Waals surface area (Å²) in [6.45, 7) is 4.34. The van der Waals surface area contributed by atoms with E-state index < -0.39 is 0 Å². The number of rotatable bonds is 4. The van der Waals surface area contributed by atoms with E-state index in [1.54, 1.807) is 0 Å². The Morgan fingerprint density at radius 2 is 2.23 bits per heavy atom. The molecule has 0 aromatic carbocycles. The van der Waals surface area contributed by atoms with Crippen molar-refractivity contribution >= 4 is 29.1 Å². The average molecular weight is 220 g/mol. The third kappa shape index (κ3) is 2.54. The zero-order chi connectivity index (χ0) is 9.84. The van der Waals surface area contributed by atoms with Gasteiger partial charge < -0.3 is 4.90 Å². The van der Waals surface area contributed by atoms with E-state index in [0.717, 1.165) is 24.0 Å². The number of anilines is 1. The van der Waals surface area contributed by atoms with Gasteiger partial charge in [-0.3, -0.25) is 0 Å². The first-order valence-corrected chi connectivity index (χ1v) is 5.48. The Bertz CT molecular complexity index is 264. The second kappa shape index (κ2) is 4.77. The second-order valence-corrected chi connectivity index (χ2v) is 4.01. The van der Waals surface area contributed by atoms with Gasteiger partial charge in [0, 0.05) is 13.1 Å². The van der Waals surface area contributed by atoms with Crippen LogP contribution in [0.5, 0.6) is 0 Å². The Morgan fingerprint density at radius 1 is 1.54 bits per heavy atom. The van der Waals surface area contributed by atoms with Crippen LogP contribution in [-0.4, -0.2) is 21.8 Å². The molecule has 0 saturated heterocycles. The standard InChI is InChI=1S/C8H14ClN3S/c1-4-5-6(2)12(3)8-7(9)10-13-11-8/h6H,4-5H2,1-3H3. The molecule has 1 atom stereocenters. The third-order valence-electron chi connectivity index (χ3n) is 2.13. The van der Waals surface area contributed by atoms with Gasteiger partial charge in [0.05, 0.1) is 11.7 Å². The summed E-state index contributed by atoms with van der Waals surface area (Å²) >= 11 is 7.03. The maximum atomic E-state index is 5.87. The van der Waals surface area contributed by atoms with Gasteiger partial charge in [0.2, 0.25) is 0 Å². The lowest BCUT2D eigenvalue weighted by molar-refractivity contribution is 0.613. The number of halogens is 1. The van der Waals surface area contributed by atoms with Crippen LogP contribution in [0.2, 0.25) is 5.15 Å². The molecule has 0 bridgehead atoms. The largest absolute Gasteiger partial charge is 0.354 e. The molecule has 13 heavy (non-hydrogen) atoms. The zero-order valence-electron chi connectivity index (χ0n) is 8.12. The molecule has 1 aromatic rings. The topological polar surface area (TPSA) is 29.0 Å². The van der Waals surface area contributed by atoms with Gasteiger partial charge in [0.25, 0.3) is 0 Å². The van der Waals surface area contributed by atoms with E-state index in [2.05, 4.69) is 27.5 Å². The van der Waals surface area contributed by atoms with Gasteiger partial charge in [-0.15, -0.1) is 0 Å². The van der Waals surface area contributed by atoms with Crippen LogP contribution < -0.4 is 4.90 Å². The Kier molecular flexibility index (Phi) is 3.93. The fourth-order valence-electron chi connectivity index (χ4n) is 1.20. The summed E-state index contributed by atoms with van der Waals surface area (Å²) in [5, 5.41) is 0.510. The molecule has 1 heterocycles. The van der Waals surface area contributed by atoms with Crippen molar-refractivity contribution in [2.45, 2.75) is 32.7 Å². The molecule has 5 heteroatoms. The lowest BCUT2D eigenvalue weighted by Crippen LogP contribution is -2.28. The minimum absolute atomic E-state index is 0.464. The van der Waals surface area contributed by atoms with E-state index in [1.165, 1.54) is 6.42 Å². The molecule has 0 fully saturated rings. The minimum atomic E-state index is 0.464. The van der Waals surface area contributed by atoms with E-state index in [0.29, 0.717) is 11.2 Å². The fraction of sp³-hybridized carbons (Fsp3) is 0.750. The zero-order valence-corrected chi connectivity index (χ0v) is 9.69. The maximum absolute atomic E-state index is 5.87. The maximum Gasteiger partial charge on any atom is 0.187 e. The minimum Gasteiger partial charge on any atom is -0.354 e. The molecule has 0 aliphatic heterocycles. The molecular formula is C8H14ClN3S. The van der Waals surface area contributed by atoms with Gasteiger partial charge in [-0.05, 0) is 13.3 Å². The van der Waals surface area contributed by atoms with Crippen LogP contribution in [0.1, 0.15) is 26.7 Å². The Morgan fingerprint density at radius 3 is 2.69 bits per heavy atom. The van der Waals surface area contributed by atoms with Gasteiger partial charge in [-0.25, -0.2) is 0 Å². The number of hydrogen-bond donors (Lipinski definition) is 0. The van der Waals surface area contributed by atoms with Crippen LogP contribution >= 0.6 is 23.3 Å². The van der Waals surface area contributed by atoms with Crippen molar-refractivity contribution < 1.29 is 0 Å². The molecule has 0 amide bonds. The lowest BCUT2D eigenvalue weighted by atomic mass is 10.2. The van der Waals surface area contributed by atoms with E-state index in [9.17, 15) is 0 Å². The molecule has 1 aromatic heterocycles. The smallest absolute Gasteiger partial charge is 0.187 e. The first-order chi connectivity index (χ1) is 6.16. The molecular weight excluding hydrogens is 206 g/mol.